The first kappa shape index (κ1) is 17.6. The summed E-state index contributed by atoms with van der Waals surface area (Å²) >= 11 is 6.06. The highest BCUT2D eigenvalue weighted by atomic mass is 35.5. The van der Waals surface area contributed by atoms with Crippen molar-refractivity contribution in [1.82, 2.24) is 0 Å². The van der Waals surface area contributed by atoms with Crippen LogP contribution in [0.25, 0.3) is 0 Å². The van der Waals surface area contributed by atoms with E-state index >= 15 is 0 Å². The molecule has 0 aliphatic heterocycles. The molecule has 6 nitrogen and oxygen atoms in total. The van der Waals surface area contributed by atoms with Crippen molar-refractivity contribution in [2.75, 3.05) is 19.1 Å². The van der Waals surface area contributed by atoms with Crippen LogP contribution in [0, 0.1) is 6.92 Å². The number of nitrogens with one attached hydrogen (secondary N) is 1. The molecule has 1 amide bonds. The number of aryl methyl sites for hydroxylation is 1. The molecule has 0 spiro atoms. The van der Waals surface area contributed by atoms with Gasteiger partial charge in [0.05, 0.1) is 19.0 Å². The van der Waals surface area contributed by atoms with Gasteiger partial charge in [-0.3, -0.25) is 10.2 Å². The number of benzene rings is 2. The van der Waals surface area contributed by atoms with Crippen LogP contribution in [-0.2, 0) is 4.79 Å². The maximum Gasteiger partial charge on any atom is 0.255 e. The topological polar surface area (TPSA) is 85.9 Å². The Hall–Kier alpha value is -2.73. The van der Waals surface area contributed by atoms with Crippen molar-refractivity contribution >= 4 is 29.4 Å². The first-order valence-corrected chi connectivity index (χ1v) is 7.52. The van der Waals surface area contributed by atoms with E-state index in [1.807, 2.05) is 19.1 Å². The molecule has 0 saturated carbocycles. The maximum atomic E-state index is 10.8. The monoisotopic (exact) mass is 347 g/mol. The molecule has 0 radical (unpaired) electrons. The van der Waals surface area contributed by atoms with E-state index in [9.17, 15) is 4.79 Å². The zero-order chi connectivity index (χ0) is 17.5. The molecule has 0 aliphatic rings. The fourth-order valence-electron chi connectivity index (χ4n) is 1.88. The fourth-order valence-corrected chi connectivity index (χ4v) is 2.06. The molecule has 24 heavy (non-hydrogen) atoms. The standard InChI is InChI=1S/C17H18ClN3O3/c1-11-3-5-13(8-14(11)18)21-20-9-12-4-6-15(16(7-12)23-2)24-10-17(19)22/h3-9,21H,10H2,1-2H3,(H2,19,22)/b20-9+. The van der Waals surface area contributed by atoms with E-state index in [0.717, 1.165) is 16.8 Å². The molecular formula is C17H18ClN3O3. The van der Waals surface area contributed by atoms with Gasteiger partial charge in [0.15, 0.2) is 18.1 Å². The summed E-state index contributed by atoms with van der Waals surface area (Å²) in [5.41, 5.74) is 10.5. The predicted molar refractivity (Wildman–Crippen MR) is 95.1 cm³/mol. The van der Waals surface area contributed by atoms with Crippen LogP contribution in [0.3, 0.4) is 0 Å². The van der Waals surface area contributed by atoms with Gasteiger partial charge in [-0.25, -0.2) is 0 Å². The quantitative estimate of drug-likeness (QED) is 0.595. The van der Waals surface area contributed by atoms with E-state index in [1.54, 1.807) is 30.5 Å². The second kappa shape index (κ2) is 8.21. The van der Waals surface area contributed by atoms with Gasteiger partial charge in [-0.05, 0) is 48.4 Å². The molecule has 2 aromatic rings. The van der Waals surface area contributed by atoms with Crippen LogP contribution in [0.5, 0.6) is 11.5 Å². The lowest BCUT2D eigenvalue weighted by atomic mass is 10.2. The Morgan fingerprint density at radius 3 is 2.75 bits per heavy atom. The molecule has 2 aromatic carbocycles. The van der Waals surface area contributed by atoms with Gasteiger partial charge in [0.2, 0.25) is 0 Å². The number of halogens is 1. The van der Waals surface area contributed by atoms with Crippen LogP contribution < -0.4 is 20.6 Å². The molecule has 0 heterocycles. The number of ether oxygens (including phenoxy) is 2. The zero-order valence-electron chi connectivity index (χ0n) is 13.4. The minimum absolute atomic E-state index is 0.209. The van der Waals surface area contributed by atoms with Gasteiger partial charge in [-0.1, -0.05) is 17.7 Å². The summed E-state index contributed by atoms with van der Waals surface area (Å²) in [7, 11) is 1.51. The Morgan fingerprint density at radius 1 is 1.29 bits per heavy atom. The first-order valence-electron chi connectivity index (χ1n) is 7.14. The lowest BCUT2D eigenvalue weighted by Gasteiger charge is -2.09. The molecule has 0 aliphatic carbocycles. The van der Waals surface area contributed by atoms with Gasteiger partial charge >= 0.3 is 0 Å². The number of methoxy groups -OCH3 is 1. The van der Waals surface area contributed by atoms with Crippen LogP contribution >= 0.6 is 11.6 Å². The molecule has 0 unspecified atom stereocenters. The summed E-state index contributed by atoms with van der Waals surface area (Å²) in [4.78, 5) is 10.8. The number of carbonyl (C=O) groups is 1. The fraction of sp³-hybridized carbons (Fsp3) is 0.176. The summed E-state index contributed by atoms with van der Waals surface area (Å²) in [6.07, 6.45) is 1.63. The summed E-state index contributed by atoms with van der Waals surface area (Å²) in [5, 5.41) is 4.83. The van der Waals surface area contributed by atoms with Crippen LogP contribution in [0.15, 0.2) is 41.5 Å². The molecule has 0 bridgehead atoms. The van der Waals surface area contributed by atoms with Gasteiger partial charge in [0, 0.05) is 5.02 Å². The van der Waals surface area contributed by atoms with E-state index in [2.05, 4.69) is 10.5 Å². The Labute approximate surface area is 145 Å². The number of anilines is 1. The second-order valence-electron chi connectivity index (χ2n) is 5.00. The lowest BCUT2D eigenvalue weighted by Crippen LogP contribution is -2.20. The van der Waals surface area contributed by atoms with E-state index in [1.165, 1.54) is 7.11 Å². The molecule has 2 rings (SSSR count). The highest BCUT2D eigenvalue weighted by Crippen LogP contribution is 2.27. The zero-order valence-corrected chi connectivity index (χ0v) is 14.1. The molecule has 0 fully saturated rings. The molecular weight excluding hydrogens is 330 g/mol. The number of primary amides is 1. The molecule has 126 valence electrons. The predicted octanol–water partition coefficient (Wildman–Crippen LogP) is 2.97. The number of nitrogens with two attached hydrogens (primary N) is 1. The summed E-state index contributed by atoms with van der Waals surface area (Å²) in [6.45, 7) is 1.73. The maximum absolute atomic E-state index is 10.8. The molecule has 0 saturated heterocycles. The van der Waals surface area contributed by atoms with Crippen LogP contribution in [0.4, 0.5) is 5.69 Å². The summed E-state index contributed by atoms with van der Waals surface area (Å²) in [6, 6.07) is 10.8. The van der Waals surface area contributed by atoms with Gasteiger partial charge < -0.3 is 15.2 Å². The van der Waals surface area contributed by atoms with Crippen LogP contribution in [-0.4, -0.2) is 25.8 Å². The lowest BCUT2D eigenvalue weighted by molar-refractivity contribution is -0.119. The number of nitrogens with zero attached hydrogens (tertiary/aromatic N) is 1. The Morgan fingerprint density at radius 2 is 2.08 bits per heavy atom. The van der Waals surface area contributed by atoms with Crippen molar-refractivity contribution in [3.05, 3.63) is 52.5 Å². The average molecular weight is 348 g/mol. The third-order valence-electron chi connectivity index (χ3n) is 3.14. The molecule has 3 N–H and O–H groups in total. The Balaban J connectivity index is 2.06. The highest BCUT2D eigenvalue weighted by molar-refractivity contribution is 6.31. The highest BCUT2D eigenvalue weighted by Gasteiger charge is 2.06. The normalized spacial score (nSPS) is 10.6. The van der Waals surface area contributed by atoms with Crippen LogP contribution in [0.1, 0.15) is 11.1 Å². The minimum Gasteiger partial charge on any atom is -0.493 e. The van der Waals surface area contributed by atoms with Crippen molar-refractivity contribution in [3.63, 3.8) is 0 Å². The minimum atomic E-state index is -0.552. The number of amides is 1. The van der Waals surface area contributed by atoms with E-state index in [4.69, 9.17) is 26.8 Å². The smallest absolute Gasteiger partial charge is 0.255 e. The number of hydrogen-bond donors (Lipinski definition) is 2. The molecule has 0 aromatic heterocycles. The number of rotatable bonds is 7. The summed E-state index contributed by atoms with van der Waals surface area (Å²) < 4.78 is 10.5. The van der Waals surface area contributed by atoms with Gasteiger partial charge in [-0.2, -0.15) is 5.10 Å². The van der Waals surface area contributed by atoms with E-state index < -0.39 is 5.91 Å². The molecule has 7 heteroatoms. The van der Waals surface area contributed by atoms with Crippen molar-refractivity contribution in [1.29, 1.82) is 0 Å². The Kier molecular flexibility index (Phi) is 6.03. The average Bonchev–Trinajstić information content (AvgIpc) is 2.56. The number of hydrazone groups is 1. The van der Waals surface area contributed by atoms with Gasteiger partial charge in [0.1, 0.15) is 0 Å². The first-order chi connectivity index (χ1) is 11.5. The largest absolute Gasteiger partial charge is 0.493 e. The number of carbonyl (C=O) groups excluding carboxylic acids is 1. The van der Waals surface area contributed by atoms with Crippen molar-refractivity contribution < 1.29 is 14.3 Å². The van der Waals surface area contributed by atoms with Crippen molar-refractivity contribution in [2.24, 2.45) is 10.8 Å². The van der Waals surface area contributed by atoms with Crippen molar-refractivity contribution in [3.8, 4) is 11.5 Å². The Bertz CT molecular complexity index is 763. The second-order valence-corrected chi connectivity index (χ2v) is 5.41. The number of hydrogen-bond acceptors (Lipinski definition) is 5. The van der Waals surface area contributed by atoms with Crippen LogP contribution in [0.2, 0.25) is 5.02 Å². The van der Waals surface area contributed by atoms with Gasteiger partial charge in [-0.15, -0.1) is 0 Å². The van der Waals surface area contributed by atoms with Crippen molar-refractivity contribution in [2.45, 2.75) is 6.92 Å². The van der Waals surface area contributed by atoms with Gasteiger partial charge in [0.25, 0.3) is 5.91 Å². The molecule has 0 atom stereocenters. The summed E-state index contributed by atoms with van der Waals surface area (Å²) in [5.74, 6) is 0.369. The van der Waals surface area contributed by atoms with E-state index in [-0.39, 0.29) is 6.61 Å². The van der Waals surface area contributed by atoms with E-state index in [0.29, 0.717) is 16.5 Å². The third kappa shape index (κ3) is 4.89. The SMILES string of the molecule is COc1cc(/C=N/Nc2ccc(C)c(Cl)c2)ccc1OCC(N)=O. The third-order valence-corrected chi connectivity index (χ3v) is 3.54.